The summed E-state index contributed by atoms with van der Waals surface area (Å²) in [4.78, 5) is 4.62. The third-order valence-electron chi connectivity index (χ3n) is 7.17. The highest BCUT2D eigenvalue weighted by Crippen LogP contribution is 2.45. The van der Waals surface area contributed by atoms with E-state index in [9.17, 15) is 0 Å². The second-order valence-electron chi connectivity index (χ2n) is 8.96. The number of aryl methyl sites for hydroxylation is 1. The topological polar surface area (TPSA) is 15.3 Å². The van der Waals surface area contributed by atoms with Gasteiger partial charge in [0.2, 0.25) is 0 Å². The Kier molecular flexibility index (Phi) is 5.39. The molecule has 0 radical (unpaired) electrons. The van der Waals surface area contributed by atoms with Crippen molar-refractivity contribution in [3.63, 3.8) is 0 Å². The summed E-state index contributed by atoms with van der Waals surface area (Å²) in [7, 11) is 2.16. The Balaban J connectivity index is 1.57. The number of imidazole rings is 1. The van der Waals surface area contributed by atoms with Crippen molar-refractivity contribution in [1.82, 2.24) is 4.57 Å². The normalized spacial score (nSPS) is 15.6. The predicted octanol–water partition coefficient (Wildman–Crippen LogP) is 6.77. The molecular formula is C29H27Cl2N4+. The zero-order chi connectivity index (χ0) is 24.3. The van der Waals surface area contributed by atoms with Gasteiger partial charge in [0, 0.05) is 18.7 Å². The SMILES string of the molecule is CCN1C(=CC=C2c3ccccc3Cn3c2[n+](C)c2ccccc23)N(CC)c2cc(Cl)c(Cl)cc21. The minimum absolute atomic E-state index is 0.581. The molecule has 176 valence electrons. The molecule has 1 aromatic heterocycles. The maximum Gasteiger partial charge on any atom is 0.290 e. The highest BCUT2D eigenvalue weighted by Gasteiger charge is 2.33. The smallest absolute Gasteiger partial charge is 0.290 e. The standard InChI is InChI=1S/C29H27Cl2N4/c1-4-33-26-16-22(30)23(31)17-27(26)34(5-2)28(33)15-14-21-20-11-7-6-10-19(20)18-35-25-13-9-8-12-24(25)32(3)29(21)35/h6-17H,4-5,18H2,1-3H3/q+1. The van der Waals surface area contributed by atoms with Crippen LogP contribution in [-0.2, 0) is 13.6 Å². The van der Waals surface area contributed by atoms with Crippen LogP contribution in [-0.4, -0.2) is 17.7 Å². The van der Waals surface area contributed by atoms with Crippen LogP contribution >= 0.6 is 23.2 Å². The molecule has 6 rings (SSSR count). The van der Waals surface area contributed by atoms with Gasteiger partial charge in [0.25, 0.3) is 5.82 Å². The van der Waals surface area contributed by atoms with Crippen molar-refractivity contribution in [2.24, 2.45) is 7.05 Å². The van der Waals surface area contributed by atoms with Gasteiger partial charge in [0.15, 0.2) is 11.0 Å². The fourth-order valence-electron chi connectivity index (χ4n) is 5.60. The number of para-hydroxylation sites is 2. The first-order valence-electron chi connectivity index (χ1n) is 12.1. The summed E-state index contributed by atoms with van der Waals surface area (Å²) >= 11 is 12.8. The number of aromatic nitrogens is 2. The lowest BCUT2D eigenvalue weighted by Gasteiger charge is -2.23. The number of halogens is 2. The van der Waals surface area contributed by atoms with Gasteiger partial charge >= 0.3 is 0 Å². The minimum atomic E-state index is 0.581. The van der Waals surface area contributed by atoms with E-state index in [1.165, 1.54) is 33.6 Å². The first-order valence-corrected chi connectivity index (χ1v) is 12.8. The third kappa shape index (κ3) is 3.31. The molecule has 2 aliphatic rings. The summed E-state index contributed by atoms with van der Waals surface area (Å²) in [6.07, 6.45) is 4.52. The third-order valence-corrected chi connectivity index (χ3v) is 7.89. The molecule has 0 saturated heterocycles. The van der Waals surface area contributed by atoms with Crippen molar-refractivity contribution in [2.75, 3.05) is 22.9 Å². The van der Waals surface area contributed by atoms with Crippen molar-refractivity contribution in [1.29, 1.82) is 0 Å². The van der Waals surface area contributed by atoms with Crippen LogP contribution < -0.4 is 14.4 Å². The van der Waals surface area contributed by atoms with E-state index in [1.54, 1.807) is 0 Å². The van der Waals surface area contributed by atoms with Gasteiger partial charge in [-0.15, -0.1) is 0 Å². The van der Waals surface area contributed by atoms with Gasteiger partial charge in [-0.1, -0.05) is 59.6 Å². The molecule has 0 amide bonds. The quantitative estimate of drug-likeness (QED) is 0.253. The minimum Gasteiger partial charge on any atom is -0.326 e. The second kappa shape index (κ2) is 8.47. The Morgan fingerprint density at radius 2 is 1.49 bits per heavy atom. The maximum absolute atomic E-state index is 6.41. The number of hydrogen-bond donors (Lipinski definition) is 0. The van der Waals surface area contributed by atoms with Crippen LogP contribution in [0.1, 0.15) is 30.8 Å². The molecule has 0 atom stereocenters. The molecule has 0 aliphatic carbocycles. The molecular weight excluding hydrogens is 475 g/mol. The molecule has 3 heterocycles. The number of benzene rings is 3. The highest BCUT2D eigenvalue weighted by atomic mass is 35.5. The molecule has 0 saturated carbocycles. The lowest BCUT2D eigenvalue weighted by atomic mass is 9.95. The number of rotatable bonds is 3. The monoisotopic (exact) mass is 501 g/mol. The van der Waals surface area contributed by atoms with Gasteiger partial charge in [-0.2, -0.15) is 0 Å². The summed E-state index contributed by atoms with van der Waals surface area (Å²) in [5.41, 5.74) is 8.51. The Bertz CT molecular complexity index is 1510. The predicted molar refractivity (Wildman–Crippen MR) is 146 cm³/mol. The molecule has 0 fully saturated rings. The van der Waals surface area contributed by atoms with E-state index in [0.29, 0.717) is 10.0 Å². The Morgan fingerprint density at radius 1 is 0.857 bits per heavy atom. The van der Waals surface area contributed by atoms with Gasteiger partial charge in [0.1, 0.15) is 12.4 Å². The number of nitrogens with zero attached hydrogens (tertiary/aromatic N) is 4. The fraction of sp³-hybridized carbons (Fsp3) is 0.207. The summed E-state index contributed by atoms with van der Waals surface area (Å²) in [5, 5.41) is 1.16. The van der Waals surface area contributed by atoms with Crippen molar-refractivity contribution in [3.05, 3.63) is 106 Å². The Morgan fingerprint density at radius 3 is 2.17 bits per heavy atom. The molecule has 4 nitrogen and oxygen atoms in total. The maximum atomic E-state index is 6.41. The Hall–Kier alpha value is -3.21. The van der Waals surface area contributed by atoms with Crippen molar-refractivity contribution >= 4 is 51.2 Å². The van der Waals surface area contributed by atoms with Crippen LogP contribution in [0.15, 0.2) is 78.6 Å². The molecule has 0 unspecified atom stereocenters. The summed E-state index contributed by atoms with van der Waals surface area (Å²) < 4.78 is 4.74. The van der Waals surface area contributed by atoms with Crippen LogP contribution in [0.5, 0.6) is 0 Å². The number of hydrogen-bond acceptors (Lipinski definition) is 2. The largest absolute Gasteiger partial charge is 0.326 e. The first kappa shape index (κ1) is 22.3. The lowest BCUT2D eigenvalue weighted by Crippen LogP contribution is -2.34. The average molecular weight is 502 g/mol. The van der Waals surface area contributed by atoms with Gasteiger partial charge < -0.3 is 9.80 Å². The van der Waals surface area contributed by atoms with Crippen LogP contribution in [0.25, 0.3) is 16.6 Å². The molecule has 3 aromatic carbocycles. The summed E-state index contributed by atoms with van der Waals surface area (Å²) in [5.74, 6) is 2.35. The van der Waals surface area contributed by atoms with Crippen LogP contribution in [0.2, 0.25) is 10.0 Å². The van der Waals surface area contributed by atoms with Crippen molar-refractivity contribution in [3.8, 4) is 0 Å². The number of allylic oxidation sites excluding steroid dienone is 2. The van der Waals surface area contributed by atoms with Gasteiger partial charge in [-0.3, -0.25) is 0 Å². The molecule has 4 aromatic rings. The molecule has 35 heavy (non-hydrogen) atoms. The molecule has 6 heteroatoms. The van der Waals surface area contributed by atoms with Crippen LogP contribution in [0.3, 0.4) is 0 Å². The van der Waals surface area contributed by atoms with E-state index >= 15 is 0 Å². The van der Waals surface area contributed by atoms with E-state index in [-0.39, 0.29) is 0 Å². The van der Waals surface area contributed by atoms with E-state index < -0.39 is 0 Å². The zero-order valence-electron chi connectivity index (χ0n) is 20.1. The fourth-order valence-corrected chi connectivity index (χ4v) is 5.92. The van der Waals surface area contributed by atoms with Crippen molar-refractivity contribution < 1.29 is 4.57 Å². The number of anilines is 2. The van der Waals surface area contributed by atoms with E-state index in [0.717, 1.165) is 36.8 Å². The van der Waals surface area contributed by atoms with Crippen molar-refractivity contribution in [2.45, 2.75) is 20.4 Å². The van der Waals surface area contributed by atoms with Gasteiger partial charge in [0.05, 0.1) is 34.0 Å². The summed E-state index contributed by atoms with van der Waals surface area (Å²) in [6, 6.07) is 21.3. The zero-order valence-corrected chi connectivity index (χ0v) is 21.6. The molecule has 2 aliphatic heterocycles. The number of fused-ring (bicyclic) bond motifs is 5. The molecule has 0 bridgehead atoms. The van der Waals surface area contributed by atoms with E-state index in [1.807, 2.05) is 12.1 Å². The van der Waals surface area contributed by atoms with Gasteiger partial charge in [-0.25, -0.2) is 9.13 Å². The van der Waals surface area contributed by atoms with Crippen LogP contribution in [0, 0.1) is 0 Å². The van der Waals surface area contributed by atoms with E-state index in [4.69, 9.17) is 23.2 Å². The average Bonchev–Trinajstić information content (AvgIpc) is 3.33. The second-order valence-corrected chi connectivity index (χ2v) is 9.78. The Labute approximate surface area is 215 Å². The first-order chi connectivity index (χ1) is 17.0. The lowest BCUT2D eigenvalue weighted by molar-refractivity contribution is -0.648. The van der Waals surface area contributed by atoms with Gasteiger partial charge in [-0.05, 0) is 55.8 Å². The highest BCUT2D eigenvalue weighted by molar-refractivity contribution is 6.42. The molecule has 0 N–H and O–H groups in total. The van der Waals surface area contributed by atoms with E-state index in [2.05, 4.69) is 101 Å². The van der Waals surface area contributed by atoms with Crippen LogP contribution in [0.4, 0.5) is 11.4 Å². The molecule has 0 spiro atoms. The summed E-state index contributed by atoms with van der Waals surface area (Å²) in [6.45, 7) is 6.87.